The average Bonchev–Trinajstić information content (AvgIpc) is 2.59. The first-order chi connectivity index (χ1) is 11.2. The molecular weight excluding hydrogens is 344 g/mol. The number of hydrogen-bond acceptors (Lipinski definition) is 4. The normalized spacial score (nSPS) is 15.9. The molecule has 1 amide bonds. The Bertz CT molecular complexity index is 679. The summed E-state index contributed by atoms with van der Waals surface area (Å²) in [6.45, 7) is 1.55. The van der Waals surface area contributed by atoms with E-state index in [0.29, 0.717) is 12.3 Å². The van der Waals surface area contributed by atoms with Gasteiger partial charge in [0.25, 0.3) is 0 Å². The molecule has 0 fully saturated rings. The number of rotatable bonds is 5. The third-order valence-corrected chi connectivity index (χ3v) is 4.94. The molecule has 128 valence electrons. The minimum absolute atomic E-state index is 0. The van der Waals surface area contributed by atoms with Crippen LogP contribution in [0.2, 0.25) is 0 Å². The number of phenols is 1. The Morgan fingerprint density at radius 2 is 1.96 bits per heavy atom. The van der Waals surface area contributed by atoms with Crippen molar-refractivity contribution in [3.63, 3.8) is 0 Å². The van der Waals surface area contributed by atoms with Crippen LogP contribution in [0.25, 0.3) is 0 Å². The summed E-state index contributed by atoms with van der Waals surface area (Å²) < 4.78 is 0. The quantitative estimate of drug-likeness (QED) is 0.714. The van der Waals surface area contributed by atoms with Crippen LogP contribution in [0.4, 0.5) is 0 Å². The Kier molecular flexibility index (Phi) is 6.97. The first kappa shape index (κ1) is 18.6. The van der Waals surface area contributed by atoms with E-state index in [0.717, 1.165) is 17.9 Å². The maximum Gasteiger partial charge on any atom is 0.230 e. The number of amides is 1. The molecule has 0 aromatic heterocycles. The van der Waals surface area contributed by atoms with Gasteiger partial charge in [0.1, 0.15) is 5.75 Å². The molecule has 1 atom stereocenters. The molecule has 0 radical (unpaired) electrons. The average molecular weight is 365 g/mol. The van der Waals surface area contributed by atoms with Gasteiger partial charge in [-0.05, 0) is 48.4 Å². The van der Waals surface area contributed by atoms with Crippen molar-refractivity contribution in [3.8, 4) is 5.75 Å². The summed E-state index contributed by atoms with van der Waals surface area (Å²) >= 11 is 1.47. The van der Waals surface area contributed by atoms with Gasteiger partial charge in [0, 0.05) is 17.5 Å². The summed E-state index contributed by atoms with van der Waals surface area (Å²) in [4.78, 5) is 13.0. The topological polar surface area (TPSA) is 61.4 Å². The first-order valence-electron chi connectivity index (χ1n) is 7.72. The highest BCUT2D eigenvalue weighted by atomic mass is 35.5. The standard InChI is InChI=1S/C18H20N2O2S.ClH/c21-14-5-7-15(8-6-14)23-12-18(22)20-11-17-16-4-2-1-3-13(16)9-10-19-17;/h1-8,17,19,21H,9-12H2,(H,20,22);1H. The SMILES string of the molecule is Cl.O=C(CSc1ccc(O)cc1)NCC1NCCc2ccccc21. The van der Waals surface area contributed by atoms with Gasteiger partial charge in [-0.3, -0.25) is 4.79 Å². The Balaban J connectivity index is 0.00000208. The summed E-state index contributed by atoms with van der Waals surface area (Å²) in [7, 11) is 0. The van der Waals surface area contributed by atoms with E-state index in [1.807, 2.05) is 18.2 Å². The molecule has 2 aromatic carbocycles. The number of halogens is 1. The van der Waals surface area contributed by atoms with Crippen LogP contribution >= 0.6 is 24.2 Å². The van der Waals surface area contributed by atoms with Crippen molar-refractivity contribution in [1.82, 2.24) is 10.6 Å². The molecule has 24 heavy (non-hydrogen) atoms. The van der Waals surface area contributed by atoms with Gasteiger partial charge in [-0.25, -0.2) is 0 Å². The molecule has 3 N–H and O–H groups in total. The number of phenolic OH excluding ortho intramolecular Hbond substituents is 1. The van der Waals surface area contributed by atoms with E-state index in [4.69, 9.17) is 0 Å². The lowest BCUT2D eigenvalue weighted by molar-refractivity contribution is -0.118. The van der Waals surface area contributed by atoms with Crippen LogP contribution in [0.1, 0.15) is 17.2 Å². The van der Waals surface area contributed by atoms with E-state index >= 15 is 0 Å². The van der Waals surface area contributed by atoms with Crippen molar-refractivity contribution in [2.45, 2.75) is 17.4 Å². The highest BCUT2D eigenvalue weighted by Crippen LogP contribution is 2.22. The summed E-state index contributed by atoms with van der Waals surface area (Å²) in [5, 5.41) is 15.7. The molecule has 1 aliphatic rings. The molecule has 0 saturated heterocycles. The Morgan fingerprint density at radius 3 is 2.75 bits per heavy atom. The molecule has 4 nitrogen and oxygen atoms in total. The lowest BCUT2D eigenvalue weighted by atomic mass is 9.94. The van der Waals surface area contributed by atoms with Crippen molar-refractivity contribution in [1.29, 1.82) is 0 Å². The Morgan fingerprint density at radius 1 is 1.21 bits per heavy atom. The zero-order valence-electron chi connectivity index (χ0n) is 13.2. The third-order valence-electron chi connectivity index (χ3n) is 3.93. The van der Waals surface area contributed by atoms with Gasteiger partial charge in [0.05, 0.1) is 5.75 Å². The molecule has 0 aliphatic carbocycles. The molecule has 1 unspecified atom stereocenters. The zero-order chi connectivity index (χ0) is 16.1. The largest absolute Gasteiger partial charge is 0.508 e. The number of carbonyl (C=O) groups excluding carboxylic acids is 1. The van der Waals surface area contributed by atoms with Gasteiger partial charge >= 0.3 is 0 Å². The second-order valence-corrected chi connectivity index (χ2v) is 6.59. The van der Waals surface area contributed by atoms with Crippen LogP contribution in [0, 0.1) is 0 Å². The van der Waals surface area contributed by atoms with E-state index in [9.17, 15) is 9.90 Å². The highest BCUT2D eigenvalue weighted by molar-refractivity contribution is 8.00. The third kappa shape index (κ3) is 4.90. The van der Waals surface area contributed by atoms with Gasteiger partial charge in [-0.15, -0.1) is 24.2 Å². The molecule has 0 spiro atoms. The van der Waals surface area contributed by atoms with Crippen molar-refractivity contribution >= 4 is 30.1 Å². The van der Waals surface area contributed by atoms with E-state index in [2.05, 4.69) is 28.8 Å². The molecule has 0 saturated carbocycles. The maximum absolute atomic E-state index is 12.0. The van der Waals surface area contributed by atoms with Crippen LogP contribution < -0.4 is 10.6 Å². The number of carbonyl (C=O) groups is 1. The fraction of sp³-hybridized carbons (Fsp3) is 0.278. The smallest absolute Gasteiger partial charge is 0.230 e. The summed E-state index contributed by atoms with van der Waals surface area (Å²) in [5.41, 5.74) is 2.65. The van der Waals surface area contributed by atoms with Crippen molar-refractivity contribution in [3.05, 3.63) is 59.7 Å². The van der Waals surface area contributed by atoms with Gasteiger partial charge in [-0.2, -0.15) is 0 Å². The summed E-state index contributed by atoms with van der Waals surface area (Å²) in [6.07, 6.45) is 1.04. The van der Waals surface area contributed by atoms with Crippen LogP contribution in [0.15, 0.2) is 53.4 Å². The van der Waals surface area contributed by atoms with Gasteiger partial charge < -0.3 is 15.7 Å². The maximum atomic E-state index is 12.0. The number of fused-ring (bicyclic) bond motifs is 1. The Hall–Kier alpha value is -1.69. The second-order valence-electron chi connectivity index (χ2n) is 5.54. The minimum Gasteiger partial charge on any atom is -0.508 e. The zero-order valence-corrected chi connectivity index (χ0v) is 14.8. The number of benzene rings is 2. The molecule has 1 heterocycles. The van der Waals surface area contributed by atoms with Crippen molar-refractivity contribution in [2.75, 3.05) is 18.8 Å². The predicted octanol–water partition coefficient (Wildman–Crippen LogP) is 2.91. The highest BCUT2D eigenvalue weighted by Gasteiger charge is 2.19. The predicted molar refractivity (Wildman–Crippen MR) is 100.0 cm³/mol. The van der Waals surface area contributed by atoms with Crippen LogP contribution in [0.3, 0.4) is 0 Å². The number of nitrogens with one attached hydrogen (secondary N) is 2. The van der Waals surface area contributed by atoms with Gasteiger partial charge in [-0.1, -0.05) is 24.3 Å². The monoisotopic (exact) mass is 364 g/mol. The van der Waals surface area contributed by atoms with E-state index in [-0.39, 0.29) is 30.1 Å². The van der Waals surface area contributed by atoms with Crippen LogP contribution in [0.5, 0.6) is 5.75 Å². The van der Waals surface area contributed by atoms with E-state index < -0.39 is 0 Å². The molecule has 2 aromatic rings. The van der Waals surface area contributed by atoms with Gasteiger partial charge in [0.15, 0.2) is 0 Å². The van der Waals surface area contributed by atoms with Crippen molar-refractivity contribution in [2.24, 2.45) is 0 Å². The number of aromatic hydroxyl groups is 1. The molecule has 3 rings (SSSR count). The van der Waals surface area contributed by atoms with Crippen LogP contribution in [-0.2, 0) is 11.2 Å². The van der Waals surface area contributed by atoms with Gasteiger partial charge in [0.2, 0.25) is 5.91 Å². The first-order valence-corrected chi connectivity index (χ1v) is 8.70. The molecule has 1 aliphatic heterocycles. The van der Waals surface area contributed by atoms with Crippen LogP contribution in [-0.4, -0.2) is 29.9 Å². The van der Waals surface area contributed by atoms with E-state index in [1.165, 1.54) is 22.9 Å². The minimum atomic E-state index is 0. The lowest BCUT2D eigenvalue weighted by Crippen LogP contribution is -2.39. The number of hydrogen-bond donors (Lipinski definition) is 3. The lowest BCUT2D eigenvalue weighted by Gasteiger charge is -2.27. The molecular formula is C18H21ClN2O2S. The summed E-state index contributed by atoms with van der Waals surface area (Å²) in [5.74, 6) is 0.632. The Labute approximate surface area is 152 Å². The van der Waals surface area contributed by atoms with Crippen molar-refractivity contribution < 1.29 is 9.90 Å². The number of thioether (sulfide) groups is 1. The summed E-state index contributed by atoms with van der Waals surface area (Å²) in [6, 6.07) is 15.5. The van der Waals surface area contributed by atoms with E-state index in [1.54, 1.807) is 12.1 Å². The molecule has 6 heteroatoms. The molecule has 0 bridgehead atoms. The fourth-order valence-electron chi connectivity index (χ4n) is 2.73. The second kappa shape index (κ2) is 8.97. The fourth-order valence-corrected chi connectivity index (χ4v) is 3.46.